The molecule has 4 nitrogen and oxygen atoms in total. The molecular weight excluding hydrogens is 313 g/mol. The van der Waals surface area contributed by atoms with Crippen LogP contribution >= 0.6 is 11.3 Å². The minimum atomic E-state index is -4.41. The number of alkyl halides is 3. The van der Waals surface area contributed by atoms with Crippen molar-refractivity contribution in [3.8, 4) is 0 Å². The van der Waals surface area contributed by atoms with Crippen LogP contribution in [0.25, 0.3) is 0 Å². The molecule has 0 bridgehead atoms. The highest BCUT2D eigenvalue weighted by molar-refractivity contribution is 7.15. The van der Waals surface area contributed by atoms with E-state index >= 15 is 0 Å². The summed E-state index contributed by atoms with van der Waals surface area (Å²) in [6, 6.07) is 10.2. The van der Waals surface area contributed by atoms with Gasteiger partial charge in [0.05, 0.1) is 26.2 Å². The zero-order valence-electron chi connectivity index (χ0n) is 11.8. The highest BCUT2D eigenvalue weighted by Gasteiger charge is 2.36. The van der Waals surface area contributed by atoms with Crippen LogP contribution in [0.5, 0.6) is 0 Å². The molecule has 0 spiro atoms. The number of anilines is 1. The van der Waals surface area contributed by atoms with Crippen LogP contribution < -0.4 is 9.80 Å². The third-order valence-electron chi connectivity index (χ3n) is 3.69. The zero-order chi connectivity index (χ0) is 15.6. The molecular formula is C14H16F3N4S+. The average molecular weight is 329 g/mol. The Kier molecular flexibility index (Phi) is 4.30. The van der Waals surface area contributed by atoms with Gasteiger partial charge in [-0.05, 0) is 0 Å². The molecule has 2 aromatic rings. The normalized spacial score (nSPS) is 17.0. The summed E-state index contributed by atoms with van der Waals surface area (Å²) in [6.07, 6.45) is -4.41. The predicted octanol–water partition coefficient (Wildman–Crippen LogP) is 1.46. The van der Waals surface area contributed by atoms with Crippen molar-refractivity contribution in [1.29, 1.82) is 0 Å². The largest absolute Gasteiger partial charge is 0.445 e. The van der Waals surface area contributed by atoms with Crippen molar-refractivity contribution >= 4 is 16.5 Å². The van der Waals surface area contributed by atoms with Crippen molar-refractivity contribution in [1.82, 2.24) is 10.2 Å². The van der Waals surface area contributed by atoms with Gasteiger partial charge in [-0.1, -0.05) is 41.7 Å². The van der Waals surface area contributed by atoms with E-state index in [1.807, 2.05) is 23.1 Å². The van der Waals surface area contributed by atoms with Crippen LogP contribution in [0, 0.1) is 0 Å². The lowest BCUT2D eigenvalue weighted by Crippen LogP contribution is -3.13. The number of hydrogen-bond donors (Lipinski definition) is 1. The van der Waals surface area contributed by atoms with E-state index in [-0.39, 0.29) is 0 Å². The van der Waals surface area contributed by atoms with Gasteiger partial charge in [-0.25, -0.2) is 0 Å². The van der Waals surface area contributed by atoms with Gasteiger partial charge in [0, 0.05) is 5.56 Å². The van der Waals surface area contributed by atoms with Gasteiger partial charge >= 0.3 is 6.18 Å². The van der Waals surface area contributed by atoms with Crippen LogP contribution in [0.2, 0.25) is 0 Å². The van der Waals surface area contributed by atoms with E-state index in [0.29, 0.717) is 29.6 Å². The average Bonchev–Trinajstić information content (AvgIpc) is 2.99. The van der Waals surface area contributed by atoms with Crippen molar-refractivity contribution in [2.24, 2.45) is 0 Å². The Hall–Kier alpha value is -1.67. The Balaban J connectivity index is 1.56. The van der Waals surface area contributed by atoms with Crippen LogP contribution in [-0.2, 0) is 12.7 Å². The molecule has 8 heteroatoms. The number of rotatable bonds is 3. The number of quaternary nitrogens is 1. The lowest BCUT2D eigenvalue weighted by atomic mass is 10.2. The molecule has 0 aliphatic carbocycles. The second-order valence-electron chi connectivity index (χ2n) is 5.29. The number of nitrogens with zero attached hydrogens (tertiary/aromatic N) is 3. The van der Waals surface area contributed by atoms with Crippen LogP contribution in [0.4, 0.5) is 18.3 Å². The second kappa shape index (κ2) is 6.21. The molecule has 0 amide bonds. The Morgan fingerprint density at radius 2 is 1.77 bits per heavy atom. The molecule has 3 rings (SSSR count). The van der Waals surface area contributed by atoms with Crippen LogP contribution in [0.3, 0.4) is 0 Å². The van der Waals surface area contributed by atoms with Gasteiger partial charge in [0.15, 0.2) is 0 Å². The summed E-state index contributed by atoms with van der Waals surface area (Å²) in [5.74, 6) is 0. The van der Waals surface area contributed by atoms with Gasteiger partial charge < -0.3 is 9.80 Å². The Morgan fingerprint density at radius 3 is 2.36 bits per heavy atom. The second-order valence-corrected chi connectivity index (χ2v) is 6.24. The van der Waals surface area contributed by atoms with Crippen molar-refractivity contribution < 1.29 is 18.1 Å². The number of benzene rings is 1. The molecule has 1 fully saturated rings. The number of hydrogen-bond acceptors (Lipinski definition) is 4. The maximum atomic E-state index is 12.6. The fourth-order valence-electron chi connectivity index (χ4n) is 2.53. The van der Waals surface area contributed by atoms with Crippen molar-refractivity contribution in [3.63, 3.8) is 0 Å². The fourth-order valence-corrected chi connectivity index (χ4v) is 3.30. The molecule has 1 aromatic carbocycles. The molecule has 0 saturated carbocycles. The summed E-state index contributed by atoms with van der Waals surface area (Å²) in [5.41, 5.74) is 1.28. The summed E-state index contributed by atoms with van der Waals surface area (Å²) in [7, 11) is 0. The minimum Gasteiger partial charge on any atom is -0.335 e. The summed E-state index contributed by atoms with van der Waals surface area (Å²) >= 11 is 0.621. The number of nitrogens with one attached hydrogen (secondary N) is 1. The predicted molar refractivity (Wildman–Crippen MR) is 78.0 cm³/mol. The van der Waals surface area contributed by atoms with E-state index < -0.39 is 11.2 Å². The maximum absolute atomic E-state index is 12.6. The lowest BCUT2D eigenvalue weighted by molar-refractivity contribution is -0.914. The number of aromatic nitrogens is 2. The number of halogens is 3. The Morgan fingerprint density at radius 1 is 1.09 bits per heavy atom. The molecule has 2 heterocycles. The quantitative estimate of drug-likeness (QED) is 0.926. The molecule has 1 aliphatic heterocycles. The van der Waals surface area contributed by atoms with E-state index in [2.05, 4.69) is 22.3 Å². The van der Waals surface area contributed by atoms with Gasteiger partial charge in [-0.15, -0.1) is 10.2 Å². The summed E-state index contributed by atoms with van der Waals surface area (Å²) in [4.78, 5) is 3.32. The molecule has 0 atom stereocenters. The molecule has 0 radical (unpaired) electrons. The molecule has 1 aromatic heterocycles. The van der Waals surface area contributed by atoms with Crippen LogP contribution in [0.1, 0.15) is 10.6 Å². The van der Waals surface area contributed by atoms with Gasteiger partial charge in [-0.2, -0.15) is 13.2 Å². The highest BCUT2D eigenvalue weighted by atomic mass is 32.1. The van der Waals surface area contributed by atoms with Gasteiger partial charge in [-0.3, -0.25) is 0 Å². The van der Waals surface area contributed by atoms with Gasteiger partial charge in [0.2, 0.25) is 10.1 Å². The third kappa shape index (κ3) is 3.56. The SMILES string of the molecule is FC(F)(F)c1nnc(N2CC[NH+](Cc3ccccc3)CC2)s1. The van der Waals surface area contributed by atoms with Crippen molar-refractivity contribution in [2.75, 3.05) is 31.1 Å². The molecule has 1 N–H and O–H groups in total. The van der Waals surface area contributed by atoms with E-state index in [4.69, 9.17) is 0 Å². The van der Waals surface area contributed by atoms with Crippen LogP contribution in [0.15, 0.2) is 30.3 Å². The fraction of sp³-hybridized carbons (Fsp3) is 0.429. The molecule has 0 unspecified atom stereocenters. The molecule has 1 saturated heterocycles. The van der Waals surface area contributed by atoms with Crippen molar-refractivity contribution in [2.45, 2.75) is 12.7 Å². The summed E-state index contributed by atoms with van der Waals surface area (Å²) in [6.45, 7) is 4.12. The highest BCUT2D eigenvalue weighted by Crippen LogP contribution is 2.34. The minimum absolute atomic E-state index is 0.367. The van der Waals surface area contributed by atoms with Gasteiger partial charge in [0.25, 0.3) is 0 Å². The van der Waals surface area contributed by atoms with Gasteiger partial charge in [0.1, 0.15) is 6.54 Å². The van der Waals surface area contributed by atoms with E-state index in [9.17, 15) is 13.2 Å². The monoisotopic (exact) mass is 329 g/mol. The first-order valence-corrected chi connectivity index (χ1v) is 7.87. The first kappa shape index (κ1) is 15.2. The van der Waals surface area contributed by atoms with E-state index in [1.54, 1.807) is 0 Å². The zero-order valence-corrected chi connectivity index (χ0v) is 12.6. The molecule has 118 valence electrons. The van der Waals surface area contributed by atoms with E-state index in [1.165, 1.54) is 10.5 Å². The number of piperazine rings is 1. The molecule has 22 heavy (non-hydrogen) atoms. The lowest BCUT2D eigenvalue weighted by Gasteiger charge is -2.31. The first-order chi connectivity index (χ1) is 10.5. The third-order valence-corrected chi connectivity index (χ3v) is 4.72. The maximum Gasteiger partial charge on any atom is 0.445 e. The Bertz CT molecular complexity index is 606. The smallest absolute Gasteiger partial charge is 0.335 e. The topological polar surface area (TPSA) is 33.5 Å². The Labute approximate surface area is 130 Å². The molecule has 1 aliphatic rings. The first-order valence-electron chi connectivity index (χ1n) is 7.05. The standard InChI is InChI=1S/C14H15F3N4S/c15-14(16,17)12-18-19-13(22-12)21-8-6-20(7-9-21)10-11-4-2-1-3-5-11/h1-5H,6-10H2/p+1. The van der Waals surface area contributed by atoms with Crippen molar-refractivity contribution in [3.05, 3.63) is 40.9 Å². The summed E-state index contributed by atoms with van der Waals surface area (Å²) < 4.78 is 37.7. The van der Waals surface area contributed by atoms with E-state index in [0.717, 1.165) is 19.6 Å². The summed E-state index contributed by atoms with van der Waals surface area (Å²) in [5, 5.41) is 6.42. The van der Waals surface area contributed by atoms with Crippen LogP contribution in [-0.4, -0.2) is 36.4 Å².